The Morgan fingerprint density at radius 1 is 1.53 bits per heavy atom. The van der Waals surface area contributed by atoms with Crippen LogP contribution in [0.5, 0.6) is 0 Å². The number of H-pyrrole nitrogens is 1. The second-order valence-electron chi connectivity index (χ2n) is 3.62. The fourth-order valence-corrected chi connectivity index (χ4v) is 1.46. The van der Waals surface area contributed by atoms with Gasteiger partial charge in [-0.15, -0.1) is 0 Å². The minimum absolute atomic E-state index is 0.0399. The monoisotopic (exact) mass is 319 g/mol. The van der Waals surface area contributed by atoms with E-state index in [2.05, 4.69) is 10.4 Å². The smallest absolute Gasteiger partial charge is 0.378 e. The summed E-state index contributed by atoms with van der Waals surface area (Å²) in [5.74, 6) is 0. The molecule has 0 fully saturated rings. The number of rotatable bonds is 5. The Balaban J connectivity index is 2.90. The summed E-state index contributed by atoms with van der Waals surface area (Å²) < 4.78 is 42.9. The minimum Gasteiger partial charge on any atom is -0.378 e. The van der Waals surface area contributed by atoms with E-state index in [4.69, 9.17) is 27.9 Å². The zero-order valence-electron chi connectivity index (χ0n) is 9.59. The number of hydrogen-bond donors (Lipinski definition) is 2. The van der Waals surface area contributed by atoms with Crippen LogP contribution in [0.4, 0.5) is 18.9 Å². The molecule has 0 amide bonds. The Morgan fingerprint density at radius 3 is 2.68 bits per heavy atom. The van der Waals surface area contributed by atoms with Gasteiger partial charge in [0, 0.05) is 6.04 Å². The third-order valence-electron chi connectivity index (χ3n) is 2.01. The topological polar surface area (TPSA) is 67.0 Å². The molecule has 5 nitrogen and oxygen atoms in total. The molecule has 1 atom stereocenters. The maximum Gasteiger partial charge on any atom is 0.423 e. The standard InChI is InChI=1S/C9H10Cl2F3N3O2/c1-4(3-19-8(10)11)16-5-2-15-17-7(18)6(5)9(12,13)14/h2,4,8H,3H2,1H3,(H2,16,17,18). The van der Waals surface area contributed by atoms with Crippen molar-refractivity contribution < 1.29 is 17.9 Å². The van der Waals surface area contributed by atoms with Gasteiger partial charge in [0.25, 0.3) is 5.56 Å². The van der Waals surface area contributed by atoms with E-state index in [1.807, 2.05) is 0 Å². The summed E-state index contributed by atoms with van der Waals surface area (Å²) in [6.07, 6.45) is -3.92. The van der Waals surface area contributed by atoms with Crippen LogP contribution >= 0.6 is 23.2 Å². The Labute approximate surface area is 116 Å². The first kappa shape index (κ1) is 16.1. The van der Waals surface area contributed by atoms with Crippen molar-refractivity contribution >= 4 is 28.9 Å². The summed E-state index contributed by atoms with van der Waals surface area (Å²) in [7, 11) is 0. The molecule has 10 heteroatoms. The van der Waals surface area contributed by atoms with Crippen LogP contribution < -0.4 is 10.9 Å². The SMILES string of the molecule is CC(COC(Cl)Cl)Nc1cn[nH]c(=O)c1C(F)(F)F. The number of anilines is 1. The Kier molecular flexibility index (Phi) is 5.45. The summed E-state index contributed by atoms with van der Waals surface area (Å²) in [5, 5.41) is 6.43. The zero-order valence-corrected chi connectivity index (χ0v) is 11.1. The number of hydrogen-bond acceptors (Lipinski definition) is 4. The molecular weight excluding hydrogens is 310 g/mol. The fourth-order valence-electron chi connectivity index (χ4n) is 1.31. The first-order valence-electron chi connectivity index (χ1n) is 5.03. The number of nitrogens with zero attached hydrogens (tertiary/aromatic N) is 1. The second kappa shape index (κ2) is 6.44. The summed E-state index contributed by atoms with van der Waals surface area (Å²) in [6.45, 7) is 1.50. The van der Waals surface area contributed by atoms with Gasteiger partial charge in [0.1, 0.15) is 5.56 Å². The zero-order chi connectivity index (χ0) is 14.6. The van der Waals surface area contributed by atoms with Crippen molar-refractivity contribution in [3.05, 3.63) is 22.1 Å². The van der Waals surface area contributed by atoms with E-state index in [0.29, 0.717) is 0 Å². The number of alkyl halides is 5. The van der Waals surface area contributed by atoms with Gasteiger partial charge in [-0.3, -0.25) is 4.79 Å². The molecule has 1 aromatic heterocycles. The van der Waals surface area contributed by atoms with Crippen molar-refractivity contribution in [2.75, 3.05) is 11.9 Å². The van der Waals surface area contributed by atoms with Crippen LogP contribution in [0.25, 0.3) is 0 Å². The summed E-state index contributed by atoms with van der Waals surface area (Å²) >= 11 is 10.6. The van der Waals surface area contributed by atoms with Crippen LogP contribution in [-0.4, -0.2) is 27.9 Å². The lowest BCUT2D eigenvalue weighted by Gasteiger charge is -2.18. The number of halogens is 5. The average molecular weight is 320 g/mol. The van der Waals surface area contributed by atoms with Gasteiger partial charge in [0.2, 0.25) is 5.02 Å². The molecule has 0 saturated carbocycles. The third-order valence-corrected chi connectivity index (χ3v) is 2.27. The van der Waals surface area contributed by atoms with Crippen molar-refractivity contribution in [1.82, 2.24) is 10.2 Å². The van der Waals surface area contributed by atoms with Gasteiger partial charge in [-0.05, 0) is 6.92 Å². The highest BCUT2D eigenvalue weighted by molar-refractivity contribution is 6.43. The third kappa shape index (κ3) is 4.88. The van der Waals surface area contributed by atoms with E-state index < -0.39 is 34.1 Å². The molecule has 1 aromatic rings. The van der Waals surface area contributed by atoms with Crippen molar-refractivity contribution in [1.29, 1.82) is 0 Å². The molecule has 2 N–H and O–H groups in total. The van der Waals surface area contributed by atoms with Gasteiger partial charge in [0.05, 0.1) is 18.5 Å². The molecule has 0 radical (unpaired) electrons. The quantitative estimate of drug-likeness (QED) is 0.818. The number of ether oxygens (including phenoxy) is 1. The summed E-state index contributed by atoms with van der Waals surface area (Å²) in [6, 6.07) is -0.551. The van der Waals surface area contributed by atoms with E-state index in [0.717, 1.165) is 6.20 Å². The van der Waals surface area contributed by atoms with Crippen molar-refractivity contribution in [3.8, 4) is 0 Å². The first-order valence-corrected chi connectivity index (χ1v) is 5.90. The molecule has 0 aromatic carbocycles. The molecule has 0 spiro atoms. The van der Waals surface area contributed by atoms with E-state index in [9.17, 15) is 18.0 Å². The Hall–Kier alpha value is -0.990. The highest BCUT2D eigenvalue weighted by Crippen LogP contribution is 2.31. The van der Waals surface area contributed by atoms with Crippen molar-refractivity contribution in [2.24, 2.45) is 0 Å². The van der Waals surface area contributed by atoms with Gasteiger partial charge < -0.3 is 10.1 Å². The van der Waals surface area contributed by atoms with Crippen molar-refractivity contribution in [3.63, 3.8) is 0 Å². The van der Waals surface area contributed by atoms with Crippen LogP contribution in [0.2, 0.25) is 0 Å². The molecule has 1 unspecified atom stereocenters. The highest BCUT2D eigenvalue weighted by atomic mass is 35.5. The minimum atomic E-state index is -4.79. The molecule has 0 aliphatic heterocycles. The van der Waals surface area contributed by atoms with E-state index >= 15 is 0 Å². The summed E-state index contributed by atoms with van der Waals surface area (Å²) in [4.78, 5) is 11.2. The average Bonchev–Trinajstić information content (AvgIpc) is 2.24. The normalized spacial score (nSPS) is 13.6. The predicted molar refractivity (Wildman–Crippen MR) is 64.4 cm³/mol. The first-order chi connectivity index (χ1) is 8.71. The lowest BCUT2D eigenvalue weighted by Crippen LogP contribution is -2.29. The van der Waals surface area contributed by atoms with E-state index in [-0.39, 0.29) is 6.61 Å². The largest absolute Gasteiger partial charge is 0.423 e. The molecule has 0 aliphatic rings. The fraction of sp³-hybridized carbons (Fsp3) is 0.556. The van der Waals surface area contributed by atoms with Gasteiger partial charge in [-0.25, -0.2) is 5.10 Å². The number of aromatic amines is 1. The number of aromatic nitrogens is 2. The van der Waals surface area contributed by atoms with Crippen LogP contribution in [0, 0.1) is 0 Å². The predicted octanol–water partition coefficient (Wildman–Crippen LogP) is 2.37. The Bertz CT molecular complexity index is 479. The van der Waals surface area contributed by atoms with Crippen LogP contribution in [0.15, 0.2) is 11.0 Å². The molecular formula is C9H10Cl2F3N3O2. The maximum absolute atomic E-state index is 12.7. The van der Waals surface area contributed by atoms with E-state index in [1.54, 1.807) is 5.10 Å². The van der Waals surface area contributed by atoms with Gasteiger partial charge in [0.15, 0.2) is 0 Å². The van der Waals surface area contributed by atoms with Crippen LogP contribution in [0.3, 0.4) is 0 Å². The molecule has 1 heterocycles. The van der Waals surface area contributed by atoms with Crippen LogP contribution in [-0.2, 0) is 10.9 Å². The Morgan fingerprint density at radius 2 is 2.16 bits per heavy atom. The molecule has 108 valence electrons. The molecule has 19 heavy (non-hydrogen) atoms. The van der Waals surface area contributed by atoms with Gasteiger partial charge in [-0.1, -0.05) is 23.2 Å². The lowest BCUT2D eigenvalue weighted by molar-refractivity contribution is -0.138. The van der Waals surface area contributed by atoms with Crippen LogP contribution in [0.1, 0.15) is 12.5 Å². The number of nitrogens with one attached hydrogen (secondary N) is 2. The van der Waals surface area contributed by atoms with Crippen molar-refractivity contribution in [2.45, 2.75) is 24.2 Å². The van der Waals surface area contributed by atoms with Gasteiger partial charge >= 0.3 is 6.18 Å². The lowest BCUT2D eigenvalue weighted by atomic mass is 10.2. The molecule has 0 aliphatic carbocycles. The molecule has 0 saturated heterocycles. The molecule has 1 rings (SSSR count). The maximum atomic E-state index is 12.7. The van der Waals surface area contributed by atoms with E-state index in [1.165, 1.54) is 6.92 Å². The summed E-state index contributed by atoms with van der Waals surface area (Å²) in [5.41, 5.74) is -3.10. The van der Waals surface area contributed by atoms with Gasteiger partial charge in [-0.2, -0.15) is 18.3 Å². The molecule has 0 bridgehead atoms. The highest BCUT2D eigenvalue weighted by Gasteiger charge is 2.37. The second-order valence-corrected chi connectivity index (χ2v) is 4.64.